The molecule has 4 heteroatoms. The van der Waals surface area contributed by atoms with Crippen LogP contribution in [0, 0.1) is 0 Å². The number of nitrogens with zero attached hydrogens (tertiary/aromatic N) is 3. The van der Waals surface area contributed by atoms with Gasteiger partial charge in [0.15, 0.2) is 0 Å². The van der Waals surface area contributed by atoms with E-state index in [1.54, 1.807) is 0 Å². The summed E-state index contributed by atoms with van der Waals surface area (Å²) in [4.78, 5) is 7.54. The Morgan fingerprint density at radius 1 is 0.382 bits per heavy atom. The fourth-order valence-electron chi connectivity index (χ4n) is 12.4. The molecule has 3 nitrogen and oxygen atoms in total. The van der Waals surface area contributed by atoms with Crippen molar-refractivity contribution in [2.75, 3.05) is 14.7 Å². The molecule has 0 saturated carbocycles. The standard InChI is InChI=1S/C64H54BN3/c1-62(2,3)41-28-30-43(31-29-41)66(42-18-9-8-10-19-42)46-34-37-56-60(40-46)68(45-32-35-49-47-20-11-13-22-51(47)64(6,7)54(49)39-45)59-27-17-26-58-61(59)65(56)55-24-15-16-25-57(55)67(58)44-33-36-53-50(38-44)48-21-12-14-23-52(48)63(53,4)5/h8-40H,1-7H3. The molecule has 0 N–H and O–H groups in total. The highest BCUT2D eigenvalue weighted by atomic mass is 15.2. The Bertz CT molecular complexity index is 3520. The molecule has 68 heavy (non-hydrogen) atoms. The summed E-state index contributed by atoms with van der Waals surface area (Å²) in [5.74, 6) is 0. The lowest BCUT2D eigenvalue weighted by Crippen LogP contribution is -2.61. The van der Waals surface area contributed by atoms with Gasteiger partial charge >= 0.3 is 0 Å². The van der Waals surface area contributed by atoms with Gasteiger partial charge in [0.2, 0.25) is 0 Å². The maximum atomic E-state index is 2.58. The van der Waals surface area contributed by atoms with Gasteiger partial charge in [-0.1, -0.05) is 170 Å². The van der Waals surface area contributed by atoms with Gasteiger partial charge in [0.1, 0.15) is 0 Å². The van der Waals surface area contributed by atoms with Crippen molar-refractivity contribution in [2.24, 2.45) is 0 Å². The van der Waals surface area contributed by atoms with Crippen LogP contribution in [0.4, 0.5) is 51.2 Å². The van der Waals surface area contributed by atoms with Crippen molar-refractivity contribution < 1.29 is 0 Å². The molecule has 0 saturated heterocycles. The molecule has 0 bridgehead atoms. The van der Waals surface area contributed by atoms with E-state index in [1.165, 1.54) is 94.9 Å². The minimum Gasteiger partial charge on any atom is -0.311 e. The Morgan fingerprint density at radius 3 is 1.62 bits per heavy atom. The summed E-state index contributed by atoms with van der Waals surface area (Å²) in [7, 11) is 0. The fourth-order valence-corrected chi connectivity index (χ4v) is 12.4. The SMILES string of the molecule is CC(C)(C)c1ccc(N(c2ccccc2)c2ccc3c(c2)N(c2ccc4c(c2)C(C)(C)c2ccccc2-4)c2cccc4c2B3c2ccccc2N4c2ccc3c(c2)-c2ccccc2C3(C)C)cc1. The summed E-state index contributed by atoms with van der Waals surface area (Å²) in [5.41, 5.74) is 26.5. The molecule has 0 amide bonds. The van der Waals surface area contributed by atoms with Crippen molar-refractivity contribution in [3.63, 3.8) is 0 Å². The van der Waals surface area contributed by atoms with Gasteiger partial charge in [-0.2, -0.15) is 0 Å². The molecule has 4 aliphatic rings. The van der Waals surface area contributed by atoms with E-state index in [-0.39, 0.29) is 23.0 Å². The molecule has 328 valence electrons. The van der Waals surface area contributed by atoms with E-state index in [0.717, 1.165) is 22.7 Å². The first-order chi connectivity index (χ1) is 32.9. The highest BCUT2D eigenvalue weighted by Gasteiger charge is 2.45. The molecule has 9 aromatic carbocycles. The molecule has 0 fully saturated rings. The fraction of sp³-hybridized carbons (Fsp3) is 0.156. The molecule has 13 rings (SSSR count). The number of benzene rings is 9. The number of anilines is 9. The Balaban J connectivity index is 1.05. The molecule has 9 aromatic rings. The van der Waals surface area contributed by atoms with Gasteiger partial charge in [0.05, 0.1) is 0 Å². The summed E-state index contributed by atoms with van der Waals surface area (Å²) in [5, 5.41) is 0. The lowest BCUT2D eigenvalue weighted by molar-refractivity contribution is 0.590. The quantitative estimate of drug-likeness (QED) is 0.160. The lowest BCUT2D eigenvalue weighted by atomic mass is 9.33. The van der Waals surface area contributed by atoms with Crippen LogP contribution in [0.3, 0.4) is 0 Å². The zero-order chi connectivity index (χ0) is 46.3. The zero-order valence-electron chi connectivity index (χ0n) is 40.0. The predicted molar refractivity (Wildman–Crippen MR) is 289 cm³/mol. The van der Waals surface area contributed by atoms with Crippen molar-refractivity contribution >= 4 is 74.3 Å². The average Bonchev–Trinajstić information content (AvgIpc) is 3.73. The number of fused-ring (bicyclic) bond motifs is 10. The number of hydrogen-bond donors (Lipinski definition) is 0. The lowest BCUT2D eigenvalue weighted by Gasteiger charge is -2.44. The Kier molecular flexibility index (Phi) is 8.66. The Hall–Kier alpha value is -7.56. The summed E-state index contributed by atoms with van der Waals surface area (Å²) in [6.07, 6.45) is 0. The van der Waals surface area contributed by atoms with E-state index < -0.39 is 0 Å². The second-order valence-electron chi connectivity index (χ2n) is 21.4. The summed E-state index contributed by atoms with van der Waals surface area (Å²) in [6.45, 7) is 16.4. The molecule has 0 spiro atoms. The monoisotopic (exact) mass is 875 g/mol. The van der Waals surface area contributed by atoms with Crippen molar-refractivity contribution in [3.05, 3.63) is 228 Å². The van der Waals surface area contributed by atoms with Crippen LogP contribution in [-0.4, -0.2) is 6.71 Å². The smallest absolute Gasteiger partial charge is 0.252 e. The van der Waals surface area contributed by atoms with Crippen LogP contribution >= 0.6 is 0 Å². The second kappa shape index (κ2) is 14.5. The average molecular weight is 876 g/mol. The molecule has 2 aliphatic heterocycles. The second-order valence-corrected chi connectivity index (χ2v) is 21.4. The van der Waals surface area contributed by atoms with Crippen molar-refractivity contribution in [1.82, 2.24) is 0 Å². The van der Waals surface area contributed by atoms with Crippen LogP contribution in [0.5, 0.6) is 0 Å². The topological polar surface area (TPSA) is 9.72 Å². The third-order valence-corrected chi connectivity index (χ3v) is 15.8. The van der Waals surface area contributed by atoms with Gasteiger partial charge in [-0.05, 0) is 151 Å². The maximum Gasteiger partial charge on any atom is 0.252 e. The van der Waals surface area contributed by atoms with E-state index in [1.807, 2.05) is 0 Å². The largest absolute Gasteiger partial charge is 0.311 e. The highest BCUT2D eigenvalue weighted by molar-refractivity contribution is 7.00. The van der Waals surface area contributed by atoms with E-state index in [2.05, 4.69) is 263 Å². The van der Waals surface area contributed by atoms with E-state index in [0.29, 0.717) is 0 Å². The molecule has 0 atom stereocenters. The van der Waals surface area contributed by atoms with Gasteiger partial charge in [0, 0.05) is 62.0 Å². The molecule has 0 aromatic heterocycles. The van der Waals surface area contributed by atoms with Crippen molar-refractivity contribution in [2.45, 2.75) is 64.7 Å². The predicted octanol–water partition coefficient (Wildman–Crippen LogP) is 15.1. The van der Waals surface area contributed by atoms with Crippen LogP contribution in [0.15, 0.2) is 200 Å². The minimum absolute atomic E-state index is 0.00871. The van der Waals surface area contributed by atoms with Gasteiger partial charge in [-0.15, -0.1) is 0 Å². The summed E-state index contributed by atoms with van der Waals surface area (Å²) < 4.78 is 0. The third-order valence-electron chi connectivity index (χ3n) is 15.8. The van der Waals surface area contributed by atoms with Crippen LogP contribution in [-0.2, 0) is 16.2 Å². The highest BCUT2D eigenvalue weighted by Crippen LogP contribution is 2.54. The summed E-state index contributed by atoms with van der Waals surface area (Å²) in [6, 6.07) is 75.7. The number of para-hydroxylation sites is 2. The first-order valence-corrected chi connectivity index (χ1v) is 24.3. The normalized spacial score (nSPS) is 15.1. The third kappa shape index (κ3) is 5.79. The first kappa shape index (κ1) is 40.7. The van der Waals surface area contributed by atoms with Crippen LogP contribution in [0.1, 0.15) is 76.3 Å². The van der Waals surface area contributed by atoms with Crippen molar-refractivity contribution in [1.29, 1.82) is 0 Å². The summed E-state index contributed by atoms with van der Waals surface area (Å²) >= 11 is 0. The molecule has 0 radical (unpaired) electrons. The van der Waals surface area contributed by atoms with Gasteiger partial charge < -0.3 is 14.7 Å². The van der Waals surface area contributed by atoms with E-state index >= 15 is 0 Å². The van der Waals surface area contributed by atoms with E-state index in [9.17, 15) is 0 Å². The number of rotatable bonds is 5. The maximum absolute atomic E-state index is 2.58. The molecular weight excluding hydrogens is 822 g/mol. The van der Waals surface area contributed by atoms with Gasteiger partial charge in [0.25, 0.3) is 6.71 Å². The van der Waals surface area contributed by atoms with E-state index in [4.69, 9.17) is 0 Å². The molecule has 0 unspecified atom stereocenters. The minimum atomic E-state index is -0.152. The molecule has 2 aliphatic carbocycles. The van der Waals surface area contributed by atoms with Crippen molar-refractivity contribution in [3.8, 4) is 22.3 Å². The van der Waals surface area contributed by atoms with Crippen LogP contribution in [0.2, 0.25) is 0 Å². The van der Waals surface area contributed by atoms with Gasteiger partial charge in [-0.3, -0.25) is 0 Å². The first-order valence-electron chi connectivity index (χ1n) is 24.3. The van der Waals surface area contributed by atoms with Crippen LogP contribution in [0.25, 0.3) is 22.3 Å². The zero-order valence-corrected chi connectivity index (χ0v) is 40.0. The Labute approximate surface area is 402 Å². The molecular formula is C64H54BN3. The Morgan fingerprint density at radius 2 is 0.897 bits per heavy atom. The molecule has 2 heterocycles. The number of hydrogen-bond acceptors (Lipinski definition) is 3. The van der Waals surface area contributed by atoms with Crippen LogP contribution < -0.4 is 31.1 Å². The van der Waals surface area contributed by atoms with Gasteiger partial charge in [-0.25, -0.2) is 0 Å².